The Labute approximate surface area is 183 Å². The lowest BCUT2D eigenvalue weighted by Crippen LogP contribution is -2.43. The van der Waals surface area contributed by atoms with Crippen molar-refractivity contribution in [2.24, 2.45) is 5.92 Å². The predicted molar refractivity (Wildman–Crippen MR) is 134 cm³/mol. The van der Waals surface area contributed by atoms with Gasteiger partial charge in [0.1, 0.15) is 8.80 Å². The lowest BCUT2D eigenvalue weighted by atomic mass is 9.91. The molecule has 0 saturated heterocycles. The lowest BCUT2D eigenvalue weighted by Gasteiger charge is -2.25. The van der Waals surface area contributed by atoms with Gasteiger partial charge < -0.3 is 0 Å². The summed E-state index contributed by atoms with van der Waals surface area (Å²) < 4.78 is 0. The van der Waals surface area contributed by atoms with E-state index in [1.54, 1.807) is 21.5 Å². The molecule has 1 atom stereocenters. The van der Waals surface area contributed by atoms with Gasteiger partial charge in [-0.15, -0.1) is 0 Å². The molecule has 152 valence electrons. The smallest absolute Gasteiger partial charge is 0.0629 e. The zero-order valence-corrected chi connectivity index (χ0v) is 20.0. The summed E-state index contributed by atoms with van der Waals surface area (Å²) in [5.41, 5.74) is 10.1. The maximum Gasteiger partial charge on any atom is 0.104 e. The molecule has 0 N–H and O–H groups in total. The van der Waals surface area contributed by atoms with Crippen LogP contribution in [0.25, 0.3) is 5.57 Å². The van der Waals surface area contributed by atoms with Crippen LogP contribution in [0.4, 0.5) is 0 Å². The zero-order chi connectivity index (χ0) is 21.3. The van der Waals surface area contributed by atoms with Crippen LogP contribution in [0.2, 0.25) is 6.04 Å². The fourth-order valence-corrected chi connectivity index (χ4v) is 8.17. The number of hydrogen-bond acceptors (Lipinski definition) is 0. The third kappa shape index (κ3) is 4.00. The molecule has 0 radical (unpaired) electrons. The third-order valence-corrected chi connectivity index (χ3v) is 10.3. The van der Waals surface area contributed by atoms with E-state index < -0.39 is 8.80 Å². The molecule has 0 fully saturated rings. The van der Waals surface area contributed by atoms with E-state index in [2.05, 4.69) is 113 Å². The number of benzene rings is 3. The van der Waals surface area contributed by atoms with E-state index in [1.165, 1.54) is 33.9 Å². The molecule has 0 aromatic heterocycles. The molecular weight excluding hydrogens is 376 g/mol. The Hall–Kier alpha value is -2.64. The average molecular weight is 409 g/mol. The minimum Gasteiger partial charge on any atom is -0.0629 e. The molecule has 0 aliphatic heterocycles. The SMILES string of the molecule is CC1=C(C)C(C[SiH](c2ccc(C)cc2)c2ccc(C)cc2)C(c2ccccc2)=C1C. The van der Waals surface area contributed by atoms with Crippen LogP contribution in [-0.4, -0.2) is 8.80 Å². The van der Waals surface area contributed by atoms with Gasteiger partial charge in [-0.2, -0.15) is 0 Å². The van der Waals surface area contributed by atoms with Gasteiger partial charge in [0.05, 0.1) is 0 Å². The van der Waals surface area contributed by atoms with Gasteiger partial charge in [0.25, 0.3) is 0 Å². The molecule has 30 heavy (non-hydrogen) atoms. The number of allylic oxidation sites excluding steroid dienone is 4. The van der Waals surface area contributed by atoms with Crippen molar-refractivity contribution in [1.82, 2.24) is 0 Å². The molecule has 1 unspecified atom stereocenters. The van der Waals surface area contributed by atoms with E-state index >= 15 is 0 Å². The Morgan fingerprint density at radius 2 is 1.10 bits per heavy atom. The highest BCUT2D eigenvalue weighted by molar-refractivity contribution is 6.85. The molecule has 0 spiro atoms. The predicted octanol–water partition coefficient (Wildman–Crippen LogP) is 6.08. The van der Waals surface area contributed by atoms with E-state index in [0.717, 1.165) is 0 Å². The van der Waals surface area contributed by atoms with Crippen LogP contribution in [0.5, 0.6) is 0 Å². The highest BCUT2D eigenvalue weighted by Gasteiger charge is 2.32. The van der Waals surface area contributed by atoms with Gasteiger partial charge in [-0.05, 0) is 62.9 Å². The van der Waals surface area contributed by atoms with Gasteiger partial charge in [0.2, 0.25) is 0 Å². The van der Waals surface area contributed by atoms with Crippen molar-refractivity contribution < 1.29 is 0 Å². The second-order valence-electron chi connectivity index (χ2n) is 8.87. The minimum absolute atomic E-state index is 0.506. The summed E-state index contributed by atoms with van der Waals surface area (Å²) in [4.78, 5) is 0. The first-order valence-electron chi connectivity index (χ1n) is 11.0. The summed E-state index contributed by atoms with van der Waals surface area (Å²) in [5, 5.41) is 3.10. The Balaban J connectivity index is 1.78. The van der Waals surface area contributed by atoms with Crippen molar-refractivity contribution in [3.05, 3.63) is 112 Å². The van der Waals surface area contributed by atoms with Crippen molar-refractivity contribution in [3.63, 3.8) is 0 Å². The Morgan fingerprint density at radius 3 is 1.60 bits per heavy atom. The van der Waals surface area contributed by atoms with Gasteiger partial charge in [0, 0.05) is 5.92 Å². The molecule has 1 aliphatic carbocycles. The molecule has 1 heteroatoms. The van der Waals surface area contributed by atoms with Crippen molar-refractivity contribution >= 4 is 24.7 Å². The summed E-state index contributed by atoms with van der Waals surface area (Å²) >= 11 is 0. The largest absolute Gasteiger partial charge is 0.104 e. The van der Waals surface area contributed by atoms with Crippen LogP contribution >= 0.6 is 0 Å². The average Bonchev–Trinajstić information content (AvgIpc) is 2.97. The van der Waals surface area contributed by atoms with Gasteiger partial charge in [0.15, 0.2) is 0 Å². The molecule has 0 saturated carbocycles. The summed E-state index contributed by atoms with van der Waals surface area (Å²) in [7, 11) is -1.37. The van der Waals surface area contributed by atoms with Crippen LogP contribution < -0.4 is 10.4 Å². The van der Waals surface area contributed by atoms with E-state index in [0.29, 0.717) is 5.92 Å². The monoisotopic (exact) mass is 408 g/mol. The molecule has 0 amide bonds. The molecule has 4 rings (SSSR count). The Morgan fingerprint density at radius 1 is 0.600 bits per heavy atom. The van der Waals surface area contributed by atoms with Crippen LogP contribution in [0.3, 0.4) is 0 Å². The van der Waals surface area contributed by atoms with E-state index in [4.69, 9.17) is 0 Å². The highest BCUT2D eigenvalue weighted by atomic mass is 28.3. The van der Waals surface area contributed by atoms with Crippen molar-refractivity contribution in [3.8, 4) is 0 Å². The second kappa shape index (κ2) is 8.61. The fraction of sp³-hybridized carbons (Fsp3) is 0.241. The van der Waals surface area contributed by atoms with E-state index in [9.17, 15) is 0 Å². The Kier molecular flexibility index (Phi) is 5.92. The fourth-order valence-electron chi connectivity index (χ4n) is 4.86. The first-order chi connectivity index (χ1) is 14.5. The molecule has 3 aromatic rings. The van der Waals surface area contributed by atoms with Crippen molar-refractivity contribution in [2.75, 3.05) is 0 Å². The van der Waals surface area contributed by atoms with Crippen LogP contribution in [-0.2, 0) is 0 Å². The van der Waals surface area contributed by atoms with Gasteiger partial charge in [-0.25, -0.2) is 0 Å². The minimum atomic E-state index is -1.37. The topological polar surface area (TPSA) is 0 Å². The van der Waals surface area contributed by atoms with Crippen molar-refractivity contribution in [1.29, 1.82) is 0 Å². The summed E-state index contributed by atoms with van der Waals surface area (Å²) in [5.74, 6) is 0.506. The van der Waals surface area contributed by atoms with Gasteiger partial charge in [-0.3, -0.25) is 0 Å². The van der Waals surface area contributed by atoms with Crippen LogP contribution in [0, 0.1) is 19.8 Å². The van der Waals surface area contributed by atoms with Crippen molar-refractivity contribution in [2.45, 2.75) is 40.7 Å². The van der Waals surface area contributed by atoms with Crippen LogP contribution in [0.1, 0.15) is 37.5 Å². The van der Waals surface area contributed by atoms with E-state index in [1.807, 2.05) is 0 Å². The molecule has 1 aliphatic rings. The van der Waals surface area contributed by atoms with Gasteiger partial charge >= 0.3 is 0 Å². The third-order valence-electron chi connectivity index (χ3n) is 6.94. The van der Waals surface area contributed by atoms with E-state index in [-0.39, 0.29) is 0 Å². The quantitative estimate of drug-likeness (QED) is 0.449. The maximum absolute atomic E-state index is 2.38. The number of aryl methyl sites for hydroxylation is 2. The molecular formula is C29H32Si. The highest BCUT2D eigenvalue weighted by Crippen LogP contribution is 2.44. The summed E-state index contributed by atoms with van der Waals surface area (Å²) in [6.07, 6.45) is 0. The standard InChI is InChI=1S/C29H32Si/c1-20-11-15-26(16-12-20)30(27-17-13-21(2)14-18-27)19-28-23(4)22(3)24(5)29(28)25-9-7-6-8-10-25/h6-18,28,30H,19H2,1-5H3. The molecule has 0 bridgehead atoms. The lowest BCUT2D eigenvalue weighted by molar-refractivity contribution is 0.884. The normalized spacial score (nSPS) is 16.7. The number of rotatable bonds is 5. The Bertz CT molecular complexity index is 1040. The second-order valence-corrected chi connectivity index (χ2v) is 11.8. The zero-order valence-electron chi connectivity index (χ0n) is 18.9. The maximum atomic E-state index is 2.38. The summed E-state index contributed by atoms with van der Waals surface area (Å²) in [6.45, 7) is 11.3. The first-order valence-corrected chi connectivity index (χ1v) is 13.0. The molecule has 3 aromatic carbocycles. The van der Waals surface area contributed by atoms with Gasteiger partial charge in [-0.1, -0.05) is 106 Å². The first kappa shape index (κ1) is 20.6. The van der Waals surface area contributed by atoms with Crippen LogP contribution in [0.15, 0.2) is 95.6 Å². The number of hydrogen-bond donors (Lipinski definition) is 0. The summed E-state index contributed by atoms with van der Waals surface area (Å²) in [6, 6.07) is 30.9. The molecule has 0 heterocycles. The molecule has 0 nitrogen and oxygen atoms in total.